The third-order valence-corrected chi connectivity index (χ3v) is 2.76. The number of rotatable bonds is 5. The summed E-state index contributed by atoms with van der Waals surface area (Å²) in [5.74, 6) is -1.88. The molecule has 1 rings (SSSR count). The molecule has 0 aromatic heterocycles. The molecule has 8 heteroatoms. The van der Waals surface area contributed by atoms with Crippen molar-refractivity contribution < 1.29 is 27.1 Å². The summed E-state index contributed by atoms with van der Waals surface area (Å²) < 4.78 is 56.1. The van der Waals surface area contributed by atoms with Gasteiger partial charge >= 0.3 is 6.18 Å². The fraction of sp³-hybridized carbons (Fsp3) is 0.462. The van der Waals surface area contributed by atoms with E-state index in [1.807, 2.05) is 0 Å². The van der Waals surface area contributed by atoms with E-state index in [1.165, 1.54) is 14.2 Å². The molecule has 0 aliphatic carbocycles. The van der Waals surface area contributed by atoms with E-state index < -0.39 is 35.1 Å². The molecular weight excluding hydrogens is 292 g/mol. The number of halogens is 4. The Morgan fingerprint density at radius 1 is 1.43 bits per heavy atom. The Kier molecular flexibility index (Phi) is 5.68. The molecule has 0 fully saturated rings. The van der Waals surface area contributed by atoms with Crippen LogP contribution in [0.25, 0.3) is 0 Å². The lowest BCUT2D eigenvalue weighted by Crippen LogP contribution is -2.41. The molecule has 118 valence electrons. The molecule has 1 aromatic rings. The van der Waals surface area contributed by atoms with Gasteiger partial charge in [-0.3, -0.25) is 4.79 Å². The van der Waals surface area contributed by atoms with Crippen molar-refractivity contribution in [3.63, 3.8) is 0 Å². The molecular formula is C13H16F4N2O2. The normalized spacial score (nSPS) is 13.1. The van der Waals surface area contributed by atoms with Gasteiger partial charge in [0, 0.05) is 26.7 Å². The molecule has 4 nitrogen and oxygen atoms in total. The first-order chi connectivity index (χ1) is 9.66. The van der Waals surface area contributed by atoms with E-state index in [9.17, 15) is 22.4 Å². The zero-order chi connectivity index (χ0) is 16.2. The van der Waals surface area contributed by atoms with Gasteiger partial charge in [0.05, 0.1) is 17.7 Å². The maximum absolute atomic E-state index is 13.6. The molecule has 2 N–H and O–H groups in total. The van der Waals surface area contributed by atoms with Crippen molar-refractivity contribution in [3.05, 3.63) is 35.1 Å². The Morgan fingerprint density at radius 2 is 2.05 bits per heavy atom. The van der Waals surface area contributed by atoms with Gasteiger partial charge in [-0.1, -0.05) is 0 Å². The Morgan fingerprint density at radius 3 is 2.57 bits per heavy atom. The number of nitrogens with two attached hydrogens (primary N) is 1. The van der Waals surface area contributed by atoms with Crippen LogP contribution in [0.4, 0.5) is 17.6 Å². The Hall–Kier alpha value is -1.67. The average Bonchev–Trinajstić information content (AvgIpc) is 2.37. The summed E-state index contributed by atoms with van der Waals surface area (Å²) in [5, 5.41) is 0. The smallest absolute Gasteiger partial charge is 0.383 e. The van der Waals surface area contributed by atoms with Gasteiger partial charge in [-0.25, -0.2) is 4.39 Å². The second-order valence-electron chi connectivity index (χ2n) is 4.59. The van der Waals surface area contributed by atoms with Crippen molar-refractivity contribution in [2.24, 2.45) is 5.73 Å². The van der Waals surface area contributed by atoms with Gasteiger partial charge in [0.2, 0.25) is 0 Å². The number of likely N-dealkylation sites (N-methyl/N-ethyl adjacent to an activating group) is 1. The lowest BCUT2D eigenvalue weighted by molar-refractivity contribution is -0.137. The molecule has 0 radical (unpaired) electrons. The van der Waals surface area contributed by atoms with Crippen LogP contribution in [0.15, 0.2) is 18.2 Å². The molecule has 1 unspecified atom stereocenters. The lowest BCUT2D eigenvalue weighted by atomic mass is 10.1. The highest BCUT2D eigenvalue weighted by Gasteiger charge is 2.32. The predicted molar refractivity (Wildman–Crippen MR) is 68.2 cm³/mol. The van der Waals surface area contributed by atoms with Crippen LogP contribution in [-0.2, 0) is 10.9 Å². The number of ether oxygens (including phenoxy) is 1. The number of amides is 1. The molecule has 21 heavy (non-hydrogen) atoms. The number of nitrogens with zero attached hydrogens (tertiary/aromatic N) is 1. The molecule has 0 aliphatic heterocycles. The minimum Gasteiger partial charge on any atom is -0.383 e. The second kappa shape index (κ2) is 6.86. The van der Waals surface area contributed by atoms with Crippen LogP contribution in [0, 0.1) is 5.82 Å². The van der Waals surface area contributed by atoms with E-state index in [1.54, 1.807) is 0 Å². The summed E-state index contributed by atoms with van der Waals surface area (Å²) in [6.45, 7) is 0.199. The van der Waals surface area contributed by atoms with Crippen LogP contribution in [0.3, 0.4) is 0 Å². The first-order valence-electron chi connectivity index (χ1n) is 6.03. The molecule has 1 atom stereocenters. The van der Waals surface area contributed by atoms with Crippen LogP contribution >= 0.6 is 0 Å². The lowest BCUT2D eigenvalue weighted by Gasteiger charge is -2.21. The van der Waals surface area contributed by atoms with E-state index >= 15 is 0 Å². The molecule has 0 bridgehead atoms. The maximum Gasteiger partial charge on any atom is 0.416 e. The third-order valence-electron chi connectivity index (χ3n) is 2.76. The van der Waals surface area contributed by atoms with Crippen LogP contribution < -0.4 is 5.73 Å². The van der Waals surface area contributed by atoms with Gasteiger partial charge in [-0.2, -0.15) is 13.2 Å². The van der Waals surface area contributed by atoms with E-state index in [-0.39, 0.29) is 13.2 Å². The zero-order valence-corrected chi connectivity index (χ0v) is 11.6. The standard InChI is InChI=1S/C13H16F4N2O2/c1-19(6-9(18)7-21-2)12(20)10-5-8(13(15,16)17)3-4-11(10)14/h3-5,9H,6-7,18H2,1-2H3. The molecule has 1 aromatic carbocycles. The molecule has 0 saturated heterocycles. The number of alkyl halides is 3. The Balaban J connectivity index is 2.96. The highest BCUT2D eigenvalue weighted by Crippen LogP contribution is 2.30. The fourth-order valence-electron chi connectivity index (χ4n) is 1.77. The highest BCUT2D eigenvalue weighted by molar-refractivity contribution is 5.94. The topological polar surface area (TPSA) is 55.6 Å². The van der Waals surface area contributed by atoms with E-state index in [0.717, 1.165) is 4.90 Å². The zero-order valence-electron chi connectivity index (χ0n) is 11.6. The van der Waals surface area contributed by atoms with Crippen molar-refractivity contribution in [1.82, 2.24) is 4.90 Å². The maximum atomic E-state index is 13.6. The number of hydrogen-bond acceptors (Lipinski definition) is 3. The molecule has 0 heterocycles. The van der Waals surface area contributed by atoms with Gasteiger partial charge < -0.3 is 15.4 Å². The minimum absolute atomic E-state index is 0.0301. The first-order valence-corrected chi connectivity index (χ1v) is 6.03. The molecule has 0 spiro atoms. The van der Waals surface area contributed by atoms with Crippen molar-refractivity contribution >= 4 is 5.91 Å². The monoisotopic (exact) mass is 308 g/mol. The number of methoxy groups -OCH3 is 1. The van der Waals surface area contributed by atoms with E-state index in [4.69, 9.17) is 10.5 Å². The van der Waals surface area contributed by atoms with E-state index in [0.29, 0.717) is 18.2 Å². The van der Waals surface area contributed by atoms with Gasteiger partial charge in [0.15, 0.2) is 0 Å². The summed E-state index contributed by atoms with van der Waals surface area (Å²) in [6, 6.07) is 1.19. The van der Waals surface area contributed by atoms with Gasteiger partial charge in [0.1, 0.15) is 5.82 Å². The second-order valence-corrected chi connectivity index (χ2v) is 4.59. The Labute approximate surface area is 119 Å². The number of carbonyl (C=O) groups is 1. The average molecular weight is 308 g/mol. The van der Waals surface area contributed by atoms with Gasteiger partial charge in [0.25, 0.3) is 5.91 Å². The molecule has 0 aliphatic rings. The SMILES string of the molecule is COCC(N)CN(C)C(=O)c1cc(C(F)(F)F)ccc1F. The summed E-state index contributed by atoms with van der Waals surface area (Å²) in [6.07, 6.45) is -4.65. The number of carbonyl (C=O) groups excluding carboxylic acids is 1. The van der Waals surface area contributed by atoms with Crippen LogP contribution in [0.5, 0.6) is 0 Å². The Bertz CT molecular complexity index is 505. The van der Waals surface area contributed by atoms with Crippen LogP contribution in [0.2, 0.25) is 0 Å². The van der Waals surface area contributed by atoms with Crippen molar-refractivity contribution in [1.29, 1.82) is 0 Å². The summed E-state index contributed by atoms with van der Waals surface area (Å²) in [5.41, 5.74) is 3.92. The van der Waals surface area contributed by atoms with Gasteiger partial charge in [-0.15, -0.1) is 0 Å². The van der Waals surface area contributed by atoms with Crippen molar-refractivity contribution in [2.45, 2.75) is 12.2 Å². The minimum atomic E-state index is -4.65. The van der Waals surface area contributed by atoms with Crippen LogP contribution in [0.1, 0.15) is 15.9 Å². The van der Waals surface area contributed by atoms with E-state index in [2.05, 4.69) is 0 Å². The largest absolute Gasteiger partial charge is 0.416 e. The fourth-order valence-corrected chi connectivity index (χ4v) is 1.77. The third kappa shape index (κ3) is 4.68. The van der Waals surface area contributed by atoms with Gasteiger partial charge in [-0.05, 0) is 18.2 Å². The first kappa shape index (κ1) is 17.4. The van der Waals surface area contributed by atoms with Crippen molar-refractivity contribution in [3.8, 4) is 0 Å². The predicted octanol–water partition coefficient (Wildman–Crippen LogP) is 1.89. The molecule has 0 saturated carbocycles. The summed E-state index contributed by atoms with van der Waals surface area (Å²) in [4.78, 5) is 13.1. The number of benzene rings is 1. The quantitative estimate of drug-likeness (QED) is 0.845. The highest BCUT2D eigenvalue weighted by atomic mass is 19.4. The van der Waals surface area contributed by atoms with Crippen molar-refractivity contribution in [2.75, 3.05) is 27.3 Å². The summed E-state index contributed by atoms with van der Waals surface area (Å²) >= 11 is 0. The van der Waals surface area contributed by atoms with Crippen LogP contribution in [-0.4, -0.2) is 44.2 Å². The number of hydrogen-bond donors (Lipinski definition) is 1. The molecule has 1 amide bonds. The summed E-state index contributed by atoms with van der Waals surface area (Å²) in [7, 11) is 2.76.